The van der Waals surface area contributed by atoms with Crippen molar-refractivity contribution in [3.8, 4) is 0 Å². The number of amides is 1. The highest BCUT2D eigenvalue weighted by Crippen LogP contribution is 2.20. The molecular formula is C19H25N5O2. The lowest BCUT2D eigenvalue weighted by Crippen LogP contribution is -2.41. The Labute approximate surface area is 154 Å². The summed E-state index contributed by atoms with van der Waals surface area (Å²) in [5.74, 6) is 0.334. The third-order valence-corrected chi connectivity index (χ3v) is 4.34. The number of benzene rings is 1. The Morgan fingerprint density at radius 1 is 1.23 bits per heavy atom. The molecule has 2 heterocycles. The quantitative estimate of drug-likeness (QED) is 0.849. The monoisotopic (exact) mass is 355 g/mol. The maximum absolute atomic E-state index is 12.5. The van der Waals surface area contributed by atoms with E-state index < -0.39 is 0 Å². The first-order chi connectivity index (χ1) is 12.6. The molecule has 3 rings (SSSR count). The van der Waals surface area contributed by atoms with Gasteiger partial charge in [0.1, 0.15) is 5.69 Å². The number of aryl methyl sites for hydroxylation is 1. The number of ether oxygens (including phenoxy) is 1. The Balaban J connectivity index is 1.63. The molecule has 1 aromatic carbocycles. The molecule has 1 N–H and O–H groups in total. The molecule has 138 valence electrons. The molecule has 0 saturated carbocycles. The van der Waals surface area contributed by atoms with E-state index in [2.05, 4.69) is 20.2 Å². The summed E-state index contributed by atoms with van der Waals surface area (Å²) in [6.07, 6.45) is 0. The number of anilines is 2. The topological polar surface area (TPSA) is 70.6 Å². The van der Waals surface area contributed by atoms with Crippen LogP contribution in [-0.4, -0.2) is 67.2 Å². The standard InChI is InChI=1S/C19H25N5O2/c1-15-14-17(18(25)20-8-9-24-10-12-26-13-11-24)22-19(21-15)23(2)16-6-4-3-5-7-16/h3-7,14H,8-13H2,1-2H3,(H,20,25). The van der Waals surface area contributed by atoms with E-state index in [0.717, 1.165) is 44.2 Å². The predicted molar refractivity (Wildman–Crippen MR) is 101 cm³/mol. The van der Waals surface area contributed by atoms with Crippen molar-refractivity contribution in [2.24, 2.45) is 0 Å². The van der Waals surface area contributed by atoms with E-state index in [1.807, 2.05) is 49.2 Å². The van der Waals surface area contributed by atoms with Crippen molar-refractivity contribution in [2.75, 3.05) is 51.3 Å². The minimum atomic E-state index is -0.175. The summed E-state index contributed by atoms with van der Waals surface area (Å²) < 4.78 is 5.33. The van der Waals surface area contributed by atoms with Gasteiger partial charge in [-0.25, -0.2) is 9.97 Å². The zero-order valence-corrected chi connectivity index (χ0v) is 15.3. The second-order valence-corrected chi connectivity index (χ2v) is 6.30. The van der Waals surface area contributed by atoms with E-state index in [-0.39, 0.29) is 5.91 Å². The second kappa shape index (κ2) is 8.73. The van der Waals surface area contributed by atoms with Crippen LogP contribution in [0.4, 0.5) is 11.6 Å². The van der Waals surface area contributed by atoms with Crippen molar-refractivity contribution in [3.63, 3.8) is 0 Å². The van der Waals surface area contributed by atoms with Gasteiger partial charge >= 0.3 is 0 Å². The molecule has 26 heavy (non-hydrogen) atoms. The van der Waals surface area contributed by atoms with Crippen LogP contribution in [0.15, 0.2) is 36.4 Å². The number of carbonyl (C=O) groups is 1. The van der Waals surface area contributed by atoms with E-state index in [9.17, 15) is 4.79 Å². The Kier molecular flexibility index (Phi) is 6.14. The molecule has 1 aliphatic rings. The summed E-state index contributed by atoms with van der Waals surface area (Å²) in [7, 11) is 1.89. The summed E-state index contributed by atoms with van der Waals surface area (Å²) in [6, 6.07) is 11.6. The maximum atomic E-state index is 12.5. The summed E-state index contributed by atoms with van der Waals surface area (Å²) >= 11 is 0. The Morgan fingerprint density at radius 2 is 1.96 bits per heavy atom. The number of nitrogens with zero attached hydrogens (tertiary/aromatic N) is 4. The van der Waals surface area contributed by atoms with E-state index in [0.29, 0.717) is 18.2 Å². The molecular weight excluding hydrogens is 330 g/mol. The van der Waals surface area contributed by atoms with Gasteiger partial charge in [-0.05, 0) is 25.1 Å². The van der Waals surface area contributed by atoms with Gasteiger partial charge < -0.3 is 15.0 Å². The van der Waals surface area contributed by atoms with Gasteiger partial charge in [0, 0.05) is 44.6 Å². The highest BCUT2D eigenvalue weighted by Gasteiger charge is 2.15. The van der Waals surface area contributed by atoms with Crippen molar-refractivity contribution in [1.29, 1.82) is 0 Å². The molecule has 2 aromatic rings. The number of aromatic nitrogens is 2. The third-order valence-electron chi connectivity index (χ3n) is 4.34. The van der Waals surface area contributed by atoms with Crippen LogP contribution in [0.3, 0.4) is 0 Å². The second-order valence-electron chi connectivity index (χ2n) is 6.30. The van der Waals surface area contributed by atoms with Gasteiger partial charge in [0.25, 0.3) is 5.91 Å². The first kappa shape index (κ1) is 18.3. The summed E-state index contributed by atoms with van der Waals surface area (Å²) in [5.41, 5.74) is 2.12. The van der Waals surface area contributed by atoms with Gasteiger partial charge in [0.05, 0.1) is 13.2 Å². The molecule has 1 amide bonds. The molecule has 0 bridgehead atoms. The van der Waals surface area contributed by atoms with Gasteiger partial charge in [-0.15, -0.1) is 0 Å². The fraction of sp³-hybridized carbons (Fsp3) is 0.421. The van der Waals surface area contributed by atoms with Crippen molar-refractivity contribution >= 4 is 17.5 Å². The maximum Gasteiger partial charge on any atom is 0.270 e. The molecule has 0 spiro atoms. The van der Waals surface area contributed by atoms with E-state index in [1.165, 1.54) is 0 Å². The molecule has 1 aromatic heterocycles. The number of hydrogen-bond acceptors (Lipinski definition) is 6. The highest BCUT2D eigenvalue weighted by atomic mass is 16.5. The normalized spacial score (nSPS) is 14.8. The highest BCUT2D eigenvalue weighted by molar-refractivity contribution is 5.92. The lowest BCUT2D eigenvalue weighted by Gasteiger charge is -2.26. The van der Waals surface area contributed by atoms with E-state index >= 15 is 0 Å². The molecule has 1 aliphatic heterocycles. The van der Waals surface area contributed by atoms with Crippen LogP contribution >= 0.6 is 0 Å². The molecule has 7 nitrogen and oxygen atoms in total. The molecule has 1 fully saturated rings. The van der Waals surface area contributed by atoms with Gasteiger partial charge in [-0.1, -0.05) is 18.2 Å². The minimum Gasteiger partial charge on any atom is -0.379 e. The van der Waals surface area contributed by atoms with Gasteiger partial charge in [0.2, 0.25) is 5.95 Å². The van der Waals surface area contributed by atoms with E-state index in [4.69, 9.17) is 4.74 Å². The zero-order valence-electron chi connectivity index (χ0n) is 15.3. The first-order valence-electron chi connectivity index (χ1n) is 8.86. The van der Waals surface area contributed by atoms with Gasteiger partial charge in [-0.2, -0.15) is 0 Å². The average molecular weight is 355 g/mol. The SMILES string of the molecule is Cc1cc(C(=O)NCCN2CCOCC2)nc(N(C)c2ccccc2)n1. The molecule has 1 saturated heterocycles. The molecule has 7 heteroatoms. The number of nitrogens with one attached hydrogen (secondary N) is 1. The lowest BCUT2D eigenvalue weighted by molar-refractivity contribution is 0.0383. The Bertz CT molecular complexity index is 732. The molecule has 0 aliphatic carbocycles. The molecule has 0 atom stereocenters. The number of hydrogen-bond donors (Lipinski definition) is 1. The zero-order chi connectivity index (χ0) is 18.4. The third kappa shape index (κ3) is 4.77. The first-order valence-corrected chi connectivity index (χ1v) is 8.86. The fourth-order valence-electron chi connectivity index (χ4n) is 2.83. The number of morpholine rings is 1. The molecule has 0 radical (unpaired) electrons. The lowest BCUT2D eigenvalue weighted by atomic mass is 10.3. The van der Waals surface area contributed by atoms with Crippen LogP contribution in [0.1, 0.15) is 16.2 Å². The average Bonchev–Trinajstić information content (AvgIpc) is 2.68. The smallest absolute Gasteiger partial charge is 0.270 e. The van der Waals surface area contributed by atoms with Crippen molar-refractivity contribution < 1.29 is 9.53 Å². The summed E-state index contributed by atoms with van der Waals surface area (Å²) in [5, 5.41) is 2.95. The van der Waals surface area contributed by atoms with Crippen LogP contribution in [0.5, 0.6) is 0 Å². The van der Waals surface area contributed by atoms with Crippen LogP contribution in [0.25, 0.3) is 0 Å². The van der Waals surface area contributed by atoms with Crippen molar-refractivity contribution in [2.45, 2.75) is 6.92 Å². The predicted octanol–water partition coefficient (Wildman–Crippen LogP) is 1.61. The van der Waals surface area contributed by atoms with Gasteiger partial charge in [-0.3, -0.25) is 9.69 Å². The number of para-hydroxylation sites is 1. The van der Waals surface area contributed by atoms with Crippen LogP contribution in [-0.2, 0) is 4.74 Å². The largest absolute Gasteiger partial charge is 0.379 e. The fourth-order valence-corrected chi connectivity index (χ4v) is 2.83. The van der Waals surface area contributed by atoms with Crippen LogP contribution in [0.2, 0.25) is 0 Å². The molecule has 0 unspecified atom stereocenters. The minimum absolute atomic E-state index is 0.175. The van der Waals surface area contributed by atoms with Crippen LogP contribution in [0, 0.1) is 6.92 Å². The Morgan fingerprint density at radius 3 is 2.69 bits per heavy atom. The Hall–Kier alpha value is -2.51. The van der Waals surface area contributed by atoms with E-state index in [1.54, 1.807) is 6.07 Å². The van der Waals surface area contributed by atoms with Crippen molar-refractivity contribution in [3.05, 3.63) is 47.8 Å². The van der Waals surface area contributed by atoms with Gasteiger partial charge in [0.15, 0.2) is 0 Å². The van der Waals surface area contributed by atoms with Crippen LogP contribution < -0.4 is 10.2 Å². The summed E-state index contributed by atoms with van der Waals surface area (Å²) in [6.45, 7) is 6.61. The van der Waals surface area contributed by atoms with Crippen molar-refractivity contribution in [1.82, 2.24) is 20.2 Å². The number of carbonyl (C=O) groups excluding carboxylic acids is 1. The number of rotatable bonds is 6. The summed E-state index contributed by atoms with van der Waals surface area (Å²) in [4.78, 5) is 25.5.